The normalized spacial score (nSPS) is 11.9. The first-order valence-corrected chi connectivity index (χ1v) is 4.86. The molecule has 0 aliphatic heterocycles. The number of amides is 1. The molecule has 0 aliphatic rings. The minimum Gasteiger partial charge on any atom is -0.466 e. The number of hydrogen-bond acceptors (Lipinski definition) is 3. The van der Waals surface area contributed by atoms with E-state index in [4.69, 9.17) is 9.68 Å². The van der Waals surface area contributed by atoms with E-state index < -0.39 is 6.04 Å². The van der Waals surface area contributed by atoms with Gasteiger partial charge in [0.2, 0.25) is 0 Å². The molecule has 0 saturated carbocycles. The fraction of sp³-hybridized carbons (Fsp3) is 0.455. The van der Waals surface area contributed by atoms with Gasteiger partial charge in [-0.25, -0.2) is 0 Å². The molecule has 1 rings (SSSR count). The fourth-order valence-electron chi connectivity index (χ4n) is 1.32. The average Bonchev–Trinajstić information content (AvgIpc) is 2.54. The first-order chi connectivity index (χ1) is 7.08. The molecule has 1 amide bonds. The Labute approximate surface area is 88.9 Å². The maximum absolute atomic E-state index is 11.7. The zero-order chi connectivity index (χ0) is 11.4. The van der Waals surface area contributed by atoms with Crippen LogP contribution in [0.25, 0.3) is 0 Å². The van der Waals surface area contributed by atoms with Crippen molar-refractivity contribution in [2.24, 2.45) is 0 Å². The van der Waals surface area contributed by atoms with Crippen molar-refractivity contribution in [1.82, 2.24) is 5.32 Å². The molecule has 1 unspecified atom stereocenters. The number of rotatable bonds is 3. The molecule has 1 N–H and O–H groups in total. The standard InChI is InChI=1S/C11H14N2O2/c1-4-9(6-12)13-11(14)10-5-7(2)15-8(10)3/h5,9H,4H2,1-3H3,(H,13,14). The quantitative estimate of drug-likeness (QED) is 0.821. The van der Waals surface area contributed by atoms with Gasteiger partial charge in [0.25, 0.3) is 5.91 Å². The van der Waals surface area contributed by atoms with Gasteiger partial charge in [0.1, 0.15) is 17.6 Å². The van der Waals surface area contributed by atoms with Gasteiger partial charge in [0.15, 0.2) is 0 Å². The molecule has 0 saturated heterocycles. The Kier molecular flexibility index (Phi) is 3.51. The molecular weight excluding hydrogens is 192 g/mol. The summed E-state index contributed by atoms with van der Waals surface area (Å²) in [6.07, 6.45) is 0.595. The first kappa shape index (κ1) is 11.3. The van der Waals surface area contributed by atoms with Gasteiger partial charge in [0, 0.05) is 0 Å². The predicted molar refractivity (Wildman–Crippen MR) is 55.3 cm³/mol. The van der Waals surface area contributed by atoms with Gasteiger partial charge in [-0.3, -0.25) is 4.79 Å². The molecule has 0 fully saturated rings. The summed E-state index contributed by atoms with van der Waals surface area (Å²) in [6, 6.07) is 3.25. The number of aryl methyl sites for hydroxylation is 2. The number of hydrogen-bond donors (Lipinski definition) is 1. The van der Waals surface area contributed by atoms with E-state index in [2.05, 4.69) is 5.32 Å². The third kappa shape index (κ3) is 2.59. The number of carbonyl (C=O) groups is 1. The Morgan fingerprint density at radius 1 is 1.67 bits per heavy atom. The molecule has 4 nitrogen and oxygen atoms in total. The molecule has 1 aromatic heterocycles. The van der Waals surface area contributed by atoms with Crippen LogP contribution >= 0.6 is 0 Å². The van der Waals surface area contributed by atoms with Gasteiger partial charge in [-0.05, 0) is 26.3 Å². The Balaban J connectivity index is 2.78. The Morgan fingerprint density at radius 2 is 2.33 bits per heavy atom. The smallest absolute Gasteiger partial charge is 0.255 e. The maximum atomic E-state index is 11.7. The average molecular weight is 206 g/mol. The molecule has 4 heteroatoms. The van der Waals surface area contributed by atoms with Crippen molar-refractivity contribution in [1.29, 1.82) is 5.26 Å². The van der Waals surface area contributed by atoms with Crippen molar-refractivity contribution in [2.75, 3.05) is 0 Å². The molecule has 1 heterocycles. The molecule has 1 aromatic rings. The zero-order valence-electron chi connectivity index (χ0n) is 9.13. The second-order valence-corrected chi connectivity index (χ2v) is 3.39. The molecule has 1 atom stereocenters. The van der Waals surface area contributed by atoms with Gasteiger partial charge < -0.3 is 9.73 Å². The largest absolute Gasteiger partial charge is 0.466 e. The summed E-state index contributed by atoms with van der Waals surface area (Å²) in [7, 11) is 0. The van der Waals surface area contributed by atoms with Gasteiger partial charge in [-0.1, -0.05) is 6.92 Å². The van der Waals surface area contributed by atoms with E-state index in [1.807, 2.05) is 13.0 Å². The summed E-state index contributed by atoms with van der Waals surface area (Å²) >= 11 is 0. The number of nitrogens with one attached hydrogen (secondary N) is 1. The second kappa shape index (κ2) is 4.65. The van der Waals surface area contributed by atoms with E-state index in [1.165, 1.54) is 0 Å². The lowest BCUT2D eigenvalue weighted by molar-refractivity contribution is 0.0943. The molecule has 15 heavy (non-hydrogen) atoms. The van der Waals surface area contributed by atoms with E-state index in [9.17, 15) is 4.79 Å². The van der Waals surface area contributed by atoms with Crippen LogP contribution in [0.1, 0.15) is 35.2 Å². The highest BCUT2D eigenvalue weighted by Gasteiger charge is 2.16. The van der Waals surface area contributed by atoms with Crippen LogP contribution in [0.15, 0.2) is 10.5 Å². The number of furan rings is 1. The SMILES string of the molecule is CCC(C#N)NC(=O)c1cc(C)oc1C. The van der Waals surface area contributed by atoms with Crippen molar-refractivity contribution in [3.05, 3.63) is 23.2 Å². The molecule has 0 radical (unpaired) electrons. The topological polar surface area (TPSA) is 66.0 Å². The summed E-state index contributed by atoms with van der Waals surface area (Å²) < 4.78 is 5.24. The Hall–Kier alpha value is -1.76. The second-order valence-electron chi connectivity index (χ2n) is 3.39. The highest BCUT2D eigenvalue weighted by atomic mass is 16.3. The Morgan fingerprint density at radius 3 is 2.73 bits per heavy atom. The summed E-state index contributed by atoms with van der Waals surface area (Å²) in [5.41, 5.74) is 0.501. The fourth-order valence-corrected chi connectivity index (χ4v) is 1.32. The molecule has 80 valence electrons. The zero-order valence-corrected chi connectivity index (χ0v) is 9.13. The van der Waals surface area contributed by atoms with Crippen LogP contribution in [0.4, 0.5) is 0 Å². The first-order valence-electron chi connectivity index (χ1n) is 4.86. The monoisotopic (exact) mass is 206 g/mol. The summed E-state index contributed by atoms with van der Waals surface area (Å²) in [5, 5.41) is 11.3. The highest BCUT2D eigenvalue weighted by molar-refractivity contribution is 5.95. The van der Waals surface area contributed by atoms with Crippen molar-refractivity contribution in [2.45, 2.75) is 33.2 Å². The van der Waals surface area contributed by atoms with Gasteiger partial charge in [-0.15, -0.1) is 0 Å². The van der Waals surface area contributed by atoms with Crippen molar-refractivity contribution >= 4 is 5.91 Å². The summed E-state index contributed by atoms with van der Waals surface area (Å²) in [6.45, 7) is 5.36. The summed E-state index contributed by atoms with van der Waals surface area (Å²) in [5.74, 6) is 1.03. The minimum absolute atomic E-state index is 0.252. The lowest BCUT2D eigenvalue weighted by Gasteiger charge is -2.07. The molecule has 0 bridgehead atoms. The lowest BCUT2D eigenvalue weighted by atomic mass is 10.2. The van der Waals surface area contributed by atoms with Crippen LogP contribution in [-0.4, -0.2) is 11.9 Å². The molecule has 0 spiro atoms. The highest BCUT2D eigenvalue weighted by Crippen LogP contribution is 2.13. The van der Waals surface area contributed by atoms with E-state index >= 15 is 0 Å². The van der Waals surface area contributed by atoms with Crippen LogP contribution in [0.3, 0.4) is 0 Å². The van der Waals surface area contributed by atoms with E-state index in [-0.39, 0.29) is 5.91 Å². The maximum Gasteiger partial charge on any atom is 0.255 e. The van der Waals surface area contributed by atoms with Crippen molar-refractivity contribution < 1.29 is 9.21 Å². The number of nitrogens with zero attached hydrogens (tertiary/aromatic N) is 1. The molecular formula is C11H14N2O2. The van der Waals surface area contributed by atoms with Crippen molar-refractivity contribution in [3.63, 3.8) is 0 Å². The predicted octanol–water partition coefficient (Wildman–Crippen LogP) is 1.93. The third-order valence-corrected chi connectivity index (χ3v) is 2.16. The number of carbonyl (C=O) groups excluding carboxylic acids is 1. The van der Waals surface area contributed by atoms with Gasteiger partial charge >= 0.3 is 0 Å². The van der Waals surface area contributed by atoms with Crippen LogP contribution < -0.4 is 5.32 Å². The van der Waals surface area contributed by atoms with E-state index in [1.54, 1.807) is 19.9 Å². The molecule has 0 aliphatic carbocycles. The van der Waals surface area contributed by atoms with Crippen LogP contribution in [-0.2, 0) is 0 Å². The van der Waals surface area contributed by atoms with Crippen LogP contribution in [0.2, 0.25) is 0 Å². The van der Waals surface area contributed by atoms with Gasteiger partial charge in [0.05, 0.1) is 11.6 Å². The van der Waals surface area contributed by atoms with Crippen molar-refractivity contribution in [3.8, 4) is 6.07 Å². The minimum atomic E-state index is -0.438. The van der Waals surface area contributed by atoms with Gasteiger partial charge in [-0.2, -0.15) is 5.26 Å². The van der Waals surface area contributed by atoms with E-state index in [0.717, 1.165) is 0 Å². The van der Waals surface area contributed by atoms with Crippen LogP contribution in [0.5, 0.6) is 0 Å². The Bertz CT molecular complexity index is 401. The van der Waals surface area contributed by atoms with Crippen LogP contribution in [0, 0.1) is 25.2 Å². The summed E-state index contributed by atoms with van der Waals surface area (Å²) in [4.78, 5) is 11.7. The lowest BCUT2D eigenvalue weighted by Crippen LogP contribution is -2.33. The molecule has 0 aromatic carbocycles. The third-order valence-electron chi connectivity index (χ3n) is 2.16. The number of nitriles is 1. The van der Waals surface area contributed by atoms with E-state index in [0.29, 0.717) is 23.5 Å².